The molecule has 11 heavy (non-hydrogen) atoms. The lowest BCUT2D eigenvalue weighted by atomic mass is 10.2. The third kappa shape index (κ3) is 5.85. The largest absolute Gasteiger partial charge is 0.438 e. The van der Waals surface area contributed by atoms with Gasteiger partial charge in [0.15, 0.2) is 6.79 Å². The summed E-state index contributed by atoms with van der Waals surface area (Å²) in [6, 6.07) is 0. The van der Waals surface area contributed by atoms with E-state index in [0.29, 0.717) is 6.61 Å². The highest BCUT2D eigenvalue weighted by atomic mass is 16.7. The Kier molecular flexibility index (Phi) is 5.84. The van der Waals surface area contributed by atoms with Crippen molar-refractivity contribution in [3.05, 3.63) is 0 Å². The minimum absolute atomic E-state index is 0.0692. The Morgan fingerprint density at radius 3 is 2.55 bits per heavy atom. The number of hydrogen-bond donors (Lipinski definition) is 0. The maximum absolute atomic E-state index is 10.8. The summed E-state index contributed by atoms with van der Waals surface area (Å²) in [5.41, 5.74) is 0. The van der Waals surface area contributed by atoms with Crippen molar-refractivity contribution in [3.8, 4) is 0 Å². The second-order valence-electron chi connectivity index (χ2n) is 2.64. The Morgan fingerprint density at radius 1 is 1.45 bits per heavy atom. The van der Waals surface area contributed by atoms with E-state index in [0.717, 1.165) is 6.42 Å². The van der Waals surface area contributed by atoms with Crippen LogP contribution in [-0.4, -0.2) is 19.4 Å². The van der Waals surface area contributed by atoms with Crippen LogP contribution in [0.2, 0.25) is 0 Å². The minimum atomic E-state index is -0.207. The number of esters is 1. The van der Waals surface area contributed by atoms with Crippen LogP contribution in [0.15, 0.2) is 0 Å². The first kappa shape index (κ1) is 10.4. The topological polar surface area (TPSA) is 35.5 Å². The molecule has 0 saturated heterocycles. The molecule has 0 rings (SSSR count). The van der Waals surface area contributed by atoms with Crippen molar-refractivity contribution >= 4 is 5.97 Å². The van der Waals surface area contributed by atoms with Crippen molar-refractivity contribution in [2.24, 2.45) is 5.92 Å². The lowest BCUT2D eigenvalue weighted by molar-refractivity contribution is -0.159. The Bertz CT molecular complexity index is 110. The molecule has 0 aliphatic carbocycles. The Morgan fingerprint density at radius 2 is 2.09 bits per heavy atom. The van der Waals surface area contributed by atoms with Gasteiger partial charge in [-0.2, -0.15) is 0 Å². The van der Waals surface area contributed by atoms with E-state index in [1.165, 1.54) is 0 Å². The molecular formula is C8H16O3. The van der Waals surface area contributed by atoms with Crippen molar-refractivity contribution in [2.75, 3.05) is 13.4 Å². The molecule has 0 atom stereocenters. The van der Waals surface area contributed by atoms with Gasteiger partial charge in [-0.25, -0.2) is 0 Å². The smallest absolute Gasteiger partial charge is 0.310 e. The Balaban J connectivity index is 3.18. The molecule has 0 unspecified atom stereocenters. The summed E-state index contributed by atoms with van der Waals surface area (Å²) >= 11 is 0. The predicted octanol–water partition coefficient (Wildman–Crippen LogP) is 1.57. The van der Waals surface area contributed by atoms with Crippen LogP contribution in [0.5, 0.6) is 0 Å². The van der Waals surface area contributed by atoms with E-state index in [9.17, 15) is 4.79 Å². The average Bonchev–Trinajstić information content (AvgIpc) is 1.97. The first-order valence-electron chi connectivity index (χ1n) is 3.92. The van der Waals surface area contributed by atoms with E-state index in [-0.39, 0.29) is 18.7 Å². The SMILES string of the molecule is CCCOCOC(=O)C(C)C. The van der Waals surface area contributed by atoms with Gasteiger partial charge >= 0.3 is 5.97 Å². The van der Waals surface area contributed by atoms with Gasteiger partial charge in [0.25, 0.3) is 0 Å². The van der Waals surface area contributed by atoms with Crippen LogP contribution >= 0.6 is 0 Å². The molecule has 0 bridgehead atoms. The molecule has 0 amide bonds. The van der Waals surface area contributed by atoms with E-state index >= 15 is 0 Å². The number of carbonyl (C=O) groups is 1. The van der Waals surface area contributed by atoms with Crippen LogP contribution in [-0.2, 0) is 14.3 Å². The maximum atomic E-state index is 10.8. The first-order valence-corrected chi connectivity index (χ1v) is 3.92. The molecule has 3 heteroatoms. The highest BCUT2D eigenvalue weighted by Gasteiger charge is 2.06. The van der Waals surface area contributed by atoms with Crippen LogP contribution < -0.4 is 0 Å². The quantitative estimate of drug-likeness (QED) is 0.348. The second kappa shape index (κ2) is 6.16. The molecule has 0 aliphatic rings. The molecule has 0 heterocycles. The van der Waals surface area contributed by atoms with Crippen LogP contribution in [0.1, 0.15) is 27.2 Å². The first-order chi connectivity index (χ1) is 5.18. The van der Waals surface area contributed by atoms with Crippen molar-refractivity contribution in [2.45, 2.75) is 27.2 Å². The lowest BCUT2D eigenvalue weighted by Crippen LogP contribution is -2.14. The summed E-state index contributed by atoms with van der Waals surface area (Å²) in [4.78, 5) is 10.8. The average molecular weight is 160 g/mol. The summed E-state index contributed by atoms with van der Waals surface area (Å²) in [7, 11) is 0. The molecular weight excluding hydrogens is 144 g/mol. The molecule has 0 saturated carbocycles. The van der Waals surface area contributed by atoms with Crippen molar-refractivity contribution in [3.63, 3.8) is 0 Å². The van der Waals surface area contributed by atoms with Gasteiger partial charge in [0.05, 0.1) is 12.5 Å². The lowest BCUT2D eigenvalue weighted by Gasteiger charge is -2.06. The minimum Gasteiger partial charge on any atom is -0.438 e. The molecule has 0 aromatic carbocycles. The summed E-state index contributed by atoms with van der Waals surface area (Å²) in [6.07, 6.45) is 0.944. The van der Waals surface area contributed by atoms with Gasteiger partial charge < -0.3 is 9.47 Å². The molecule has 0 N–H and O–H groups in total. The van der Waals surface area contributed by atoms with Gasteiger partial charge in [-0.3, -0.25) is 4.79 Å². The summed E-state index contributed by atoms with van der Waals surface area (Å²) in [5, 5.41) is 0. The Hall–Kier alpha value is -0.570. The Labute approximate surface area is 67.7 Å². The van der Waals surface area contributed by atoms with E-state index < -0.39 is 0 Å². The number of hydrogen-bond acceptors (Lipinski definition) is 3. The van der Waals surface area contributed by atoms with Crippen LogP contribution in [0, 0.1) is 5.92 Å². The maximum Gasteiger partial charge on any atom is 0.310 e. The third-order valence-electron chi connectivity index (χ3n) is 1.10. The van der Waals surface area contributed by atoms with Gasteiger partial charge in [-0.15, -0.1) is 0 Å². The van der Waals surface area contributed by atoms with Crippen molar-refractivity contribution < 1.29 is 14.3 Å². The fraction of sp³-hybridized carbons (Fsp3) is 0.875. The third-order valence-corrected chi connectivity index (χ3v) is 1.10. The van der Waals surface area contributed by atoms with Crippen LogP contribution in [0.3, 0.4) is 0 Å². The molecule has 0 aromatic rings. The zero-order chi connectivity index (χ0) is 8.69. The molecule has 0 radical (unpaired) electrons. The van der Waals surface area contributed by atoms with E-state index in [2.05, 4.69) is 0 Å². The second-order valence-corrected chi connectivity index (χ2v) is 2.64. The number of rotatable bonds is 5. The fourth-order valence-electron chi connectivity index (χ4n) is 0.470. The highest BCUT2D eigenvalue weighted by molar-refractivity contribution is 5.71. The molecule has 0 spiro atoms. The summed E-state index contributed by atoms with van der Waals surface area (Å²) in [6.45, 7) is 6.32. The molecule has 3 nitrogen and oxygen atoms in total. The molecule has 0 fully saturated rings. The predicted molar refractivity (Wildman–Crippen MR) is 42.0 cm³/mol. The van der Waals surface area contributed by atoms with Crippen molar-refractivity contribution in [1.29, 1.82) is 0 Å². The molecule has 66 valence electrons. The van der Waals surface area contributed by atoms with Gasteiger partial charge in [0.2, 0.25) is 0 Å². The molecule has 0 aliphatic heterocycles. The van der Waals surface area contributed by atoms with Gasteiger partial charge in [-0.05, 0) is 6.42 Å². The van der Waals surface area contributed by atoms with Gasteiger partial charge in [0.1, 0.15) is 0 Å². The number of ether oxygens (including phenoxy) is 2. The van der Waals surface area contributed by atoms with E-state index in [4.69, 9.17) is 9.47 Å². The monoisotopic (exact) mass is 160 g/mol. The van der Waals surface area contributed by atoms with E-state index in [1.807, 2.05) is 6.92 Å². The van der Waals surface area contributed by atoms with Crippen LogP contribution in [0.4, 0.5) is 0 Å². The summed E-state index contributed by atoms with van der Waals surface area (Å²) < 4.78 is 9.70. The zero-order valence-electron chi connectivity index (χ0n) is 7.42. The zero-order valence-corrected chi connectivity index (χ0v) is 7.42. The fourth-order valence-corrected chi connectivity index (χ4v) is 0.470. The van der Waals surface area contributed by atoms with Gasteiger partial charge in [0, 0.05) is 0 Å². The standard InChI is InChI=1S/C8H16O3/c1-4-5-10-6-11-8(9)7(2)3/h7H,4-6H2,1-3H3. The number of carbonyl (C=O) groups excluding carboxylic acids is 1. The summed E-state index contributed by atoms with van der Waals surface area (Å²) in [5.74, 6) is -0.277. The van der Waals surface area contributed by atoms with Gasteiger partial charge in [-0.1, -0.05) is 20.8 Å². The van der Waals surface area contributed by atoms with E-state index in [1.54, 1.807) is 13.8 Å². The van der Waals surface area contributed by atoms with Crippen LogP contribution in [0.25, 0.3) is 0 Å². The van der Waals surface area contributed by atoms with Crippen molar-refractivity contribution in [1.82, 2.24) is 0 Å². The normalized spacial score (nSPS) is 10.2. The molecule has 0 aromatic heterocycles. The highest BCUT2D eigenvalue weighted by Crippen LogP contribution is 1.95.